The molecule has 2 aromatic rings. The average Bonchev–Trinajstić information content (AvgIpc) is 2.56. The summed E-state index contributed by atoms with van der Waals surface area (Å²) in [5.74, 6) is -0.869. The third-order valence-corrected chi connectivity index (χ3v) is 5.59. The number of hydrogen-bond donors (Lipinski definition) is 1. The number of amides is 1. The molecule has 0 atom stereocenters. The molecule has 0 aliphatic rings. The number of anilines is 1. The third kappa shape index (κ3) is 3.98. The quantitative estimate of drug-likeness (QED) is 0.870. The van der Waals surface area contributed by atoms with Crippen molar-refractivity contribution in [3.8, 4) is 0 Å². The topological polar surface area (TPSA) is 66.5 Å². The first-order valence-corrected chi connectivity index (χ1v) is 8.99. The summed E-state index contributed by atoms with van der Waals surface area (Å²) in [6.07, 6.45) is 0. The first-order valence-electron chi connectivity index (χ1n) is 7.55. The minimum Gasteiger partial charge on any atom is -0.322 e. The molecule has 2 rings (SSSR count). The zero-order chi connectivity index (χ0) is 17.7. The van der Waals surface area contributed by atoms with Gasteiger partial charge in [0.25, 0.3) is 5.91 Å². The molecule has 0 fully saturated rings. The molecule has 0 aliphatic carbocycles. The van der Waals surface area contributed by atoms with Crippen molar-refractivity contribution < 1.29 is 17.6 Å². The van der Waals surface area contributed by atoms with E-state index in [0.717, 1.165) is 0 Å². The van der Waals surface area contributed by atoms with Gasteiger partial charge in [0, 0.05) is 24.3 Å². The van der Waals surface area contributed by atoms with Crippen LogP contribution in [0.25, 0.3) is 0 Å². The van der Waals surface area contributed by atoms with Gasteiger partial charge in [-0.15, -0.1) is 0 Å². The van der Waals surface area contributed by atoms with Gasteiger partial charge in [0.2, 0.25) is 10.0 Å². The number of benzene rings is 2. The van der Waals surface area contributed by atoms with Crippen LogP contribution in [0.2, 0.25) is 0 Å². The summed E-state index contributed by atoms with van der Waals surface area (Å²) >= 11 is 0. The fourth-order valence-electron chi connectivity index (χ4n) is 2.25. The van der Waals surface area contributed by atoms with Gasteiger partial charge in [-0.25, -0.2) is 12.8 Å². The van der Waals surface area contributed by atoms with E-state index in [2.05, 4.69) is 5.32 Å². The molecule has 24 heavy (non-hydrogen) atoms. The fourth-order valence-corrected chi connectivity index (χ4v) is 3.76. The Balaban J connectivity index is 2.24. The molecule has 0 saturated carbocycles. The second-order valence-electron chi connectivity index (χ2n) is 5.08. The lowest BCUT2D eigenvalue weighted by atomic mass is 10.2. The van der Waals surface area contributed by atoms with Crippen LogP contribution in [0.4, 0.5) is 10.1 Å². The normalized spacial score (nSPS) is 11.5. The van der Waals surface area contributed by atoms with Gasteiger partial charge in [0.15, 0.2) is 0 Å². The summed E-state index contributed by atoms with van der Waals surface area (Å²) in [6.45, 7) is 4.26. The number of nitrogens with one attached hydrogen (secondary N) is 1. The van der Waals surface area contributed by atoms with Crippen molar-refractivity contribution in [3.63, 3.8) is 0 Å². The van der Waals surface area contributed by atoms with Gasteiger partial charge in [0.1, 0.15) is 5.82 Å². The minimum atomic E-state index is -3.60. The Morgan fingerprint density at radius 3 is 2.29 bits per heavy atom. The van der Waals surface area contributed by atoms with Crippen LogP contribution in [0.1, 0.15) is 24.2 Å². The number of sulfonamides is 1. The Morgan fingerprint density at radius 1 is 1.08 bits per heavy atom. The van der Waals surface area contributed by atoms with Crippen molar-refractivity contribution in [2.24, 2.45) is 0 Å². The fraction of sp³-hybridized carbons (Fsp3) is 0.235. The zero-order valence-corrected chi connectivity index (χ0v) is 14.3. The Morgan fingerprint density at radius 2 is 1.71 bits per heavy atom. The van der Waals surface area contributed by atoms with Crippen molar-refractivity contribution >= 4 is 21.6 Å². The lowest BCUT2D eigenvalue weighted by Gasteiger charge is -2.18. The van der Waals surface area contributed by atoms with Crippen LogP contribution in [0.5, 0.6) is 0 Å². The third-order valence-electron chi connectivity index (χ3n) is 3.54. The van der Waals surface area contributed by atoms with Crippen molar-refractivity contribution in [2.75, 3.05) is 18.4 Å². The maximum Gasteiger partial charge on any atom is 0.255 e. The number of halogens is 1. The molecule has 0 radical (unpaired) electrons. The molecule has 1 N–H and O–H groups in total. The van der Waals surface area contributed by atoms with Crippen LogP contribution in [-0.4, -0.2) is 31.7 Å². The second-order valence-corrected chi connectivity index (χ2v) is 7.02. The maximum absolute atomic E-state index is 12.9. The number of nitrogens with zero attached hydrogens (tertiary/aromatic N) is 1. The Bertz CT molecular complexity index is 816. The SMILES string of the molecule is CCN(CC)S(=O)(=O)c1cccc(NC(=O)c2ccc(F)cc2)c1. The largest absolute Gasteiger partial charge is 0.322 e. The zero-order valence-electron chi connectivity index (χ0n) is 13.5. The smallest absolute Gasteiger partial charge is 0.255 e. The predicted octanol–water partition coefficient (Wildman–Crippen LogP) is 3.11. The van der Waals surface area contributed by atoms with E-state index in [-0.39, 0.29) is 10.5 Å². The molecular formula is C17H19FN2O3S. The number of carbonyl (C=O) groups is 1. The van der Waals surface area contributed by atoms with E-state index in [1.807, 2.05) is 0 Å². The molecule has 0 aliphatic heterocycles. The number of hydrogen-bond acceptors (Lipinski definition) is 3. The van der Waals surface area contributed by atoms with Gasteiger partial charge in [0.05, 0.1) is 4.90 Å². The number of carbonyl (C=O) groups excluding carboxylic acids is 1. The van der Waals surface area contributed by atoms with Gasteiger partial charge in [-0.3, -0.25) is 4.79 Å². The van der Waals surface area contributed by atoms with E-state index >= 15 is 0 Å². The summed E-state index contributed by atoms with van der Waals surface area (Å²) in [5, 5.41) is 2.62. The highest BCUT2D eigenvalue weighted by atomic mass is 32.2. The molecule has 0 heterocycles. The first-order chi connectivity index (χ1) is 11.4. The van der Waals surface area contributed by atoms with Gasteiger partial charge < -0.3 is 5.32 Å². The van der Waals surface area contributed by atoms with Crippen molar-refractivity contribution in [2.45, 2.75) is 18.7 Å². The second kappa shape index (κ2) is 7.55. The summed E-state index contributed by atoms with van der Waals surface area (Å²) in [6, 6.07) is 11.2. The van der Waals surface area contributed by atoms with Crippen LogP contribution >= 0.6 is 0 Å². The lowest BCUT2D eigenvalue weighted by Crippen LogP contribution is -2.30. The summed E-state index contributed by atoms with van der Waals surface area (Å²) in [4.78, 5) is 12.3. The first kappa shape index (κ1) is 18.1. The van der Waals surface area contributed by atoms with E-state index in [4.69, 9.17) is 0 Å². The van der Waals surface area contributed by atoms with Crippen LogP contribution in [0.15, 0.2) is 53.4 Å². The molecule has 0 bridgehead atoms. The molecule has 128 valence electrons. The van der Waals surface area contributed by atoms with Gasteiger partial charge in [-0.1, -0.05) is 19.9 Å². The van der Waals surface area contributed by atoms with Crippen molar-refractivity contribution in [1.29, 1.82) is 0 Å². The molecule has 5 nitrogen and oxygen atoms in total. The average molecular weight is 350 g/mol. The molecule has 2 aromatic carbocycles. The van der Waals surface area contributed by atoms with E-state index in [1.165, 1.54) is 40.7 Å². The highest BCUT2D eigenvalue weighted by Crippen LogP contribution is 2.20. The van der Waals surface area contributed by atoms with Crippen LogP contribution in [0.3, 0.4) is 0 Å². The minimum absolute atomic E-state index is 0.114. The Kier molecular flexibility index (Phi) is 5.69. The summed E-state index contributed by atoms with van der Waals surface area (Å²) < 4.78 is 39.3. The van der Waals surface area contributed by atoms with Gasteiger partial charge in [-0.05, 0) is 42.5 Å². The predicted molar refractivity (Wildman–Crippen MR) is 90.9 cm³/mol. The van der Waals surface area contributed by atoms with Gasteiger partial charge in [-0.2, -0.15) is 4.31 Å². The molecule has 7 heteroatoms. The number of rotatable bonds is 6. The van der Waals surface area contributed by atoms with E-state index in [0.29, 0.717) is 18.8 Å². The molecular weight excluding hydrogens is 331 g/mol. The molecule has 0 aromatic heterocycles. The Labute approximate surface area is 141 Å². The molecule has 0 unspecified atom stereocenters. The Hall–Kier alpha value is -2.25. The van der Waals surface area contributed by atoms with Crippen molar-refractivity contribution in [1.82, 2.24) is 4.31 Å². The monoisotopic (exact) mass is 350 g/mol. The van der Waals surface area contributed by atoms with Gasteiger partial charge >= 0.3 is 0 Å². The van der Waals surface area contributed by atoms with Crippen molar-refractivity contribution in [3.05, 3.63) is 59.9 Å². The summed E-state index contributed by atoms with van der Waals surface area (Å²) in [5.41, 5.74) is 0.644. The standard InChI is InChI=1S/C17H19FN2O3S/c1-3-20(4-2)24(22,23)16-7-5-6-15(12-16)19-17(21)13-8-10-14(18)11-9-13/h5-12H,3-4H2,1-2H3,(H,19,21). The van der Waals surface area contributed by atoms with E-state index < -0.39 is 21.7 Å². The van der Waals surface area contributed by atoms with Crippen LogP contribution in [-0.2, 0) is 10.0 Å². The van der Waals surface area contributed by atoms with Crippen LogP contribution < -0.4 is 5.32 Å². The highest BCUT2D eigenvalue weighted by molar-refractivity contribution is 7.89. The van der Waals surface area contributed by atoms with E-state index in [1.54, 1.807) is 26.0 Å². The van der Waals surface area contributed by atoms with E-state index in [9.17, 15) is 17.6 Å². The highest BCUT2D eigenvalue weighted by Gasteiger charge is 2.21. The molecule has 0 saturated heterocycles. The molecule has 1 amide bonds. The maximum atomic E-state index is 12.9. The lowest BCUT2D eigenvalue weighted by molar-refractivity contribution is 0.102. The molecule has 0 spiro atoms. The summed E-state index contributed by atoms with van der Waals surface area (Å²) in [7, 11) is -3.60. The van der Waals surface area contributed by atoms with Crippen LogP contribution in [0, 0.1) is 5.82 Å².